The number of aryl methyl sites for hydroxylation is 1. The van der Waals surface area contributed by atoms with E-state index in [4.69, 9.17) is 11.6 Å². The lowest BCUT2D eigenvalue weighted by molar-refractivity contribution is 0.204. The maximum atomic E-state index is 10.5. The fourth-order valence-corrected chi connectivity index (χ4v) is 2.19. The van der Waals surface area contributed by atoms with Crippen molar-refractivity contribution >= 4 is 11.6 Å². The molecule has 0 saturated heterocycles. The van der Waals surface area contributed by atoms with Gasteiger partial charge in [-0.25, -0.2) is 0 Å². The van der Waals surface area contributed by atoms with E-state index in [9.17, 15) is 5.11 Å². The summed E-state index contributed by atoms with van der Waals surface area (Å²) >= 11 is 6.13. The van der Waals surface area contributed by atoms with Gasteiger partial charge in [-0.3, -0.25) is 9.67 Å². The molecule has 0 aliphatic rings. The van der Waals surface area contributed by atoms with E-state index in [0.717, 1.165) is 11.1 Å². The van der Waals surface area contributed by atoms with Crippen LogP contribution < -0.4 is 0 Å². The summed E-state index contributed by atoms with van der Waals surface area (Å²) in [5.41, 5.74) is 2.35. The summed E-state index contributed by atoms with van der Waals surface area (Å²) in [5, 5.41) is 15.2. The van der Waals surface area contributed by atoms with Gasteiger partial charge in [0.25, 0.3) is 0 Å². The average Bonchev–Trinajstić information content (AvgIpc) is 2.71. The molecule has 0 aliphatic carbocycles. The first-order chi connectivity index (χ1) is 8.52. The lowest BCUT2D eigenvalue weighted by Gasteiger charge is -2.18. The third-order valence-electron chi connectivity index (χ3n) is 2.89. The van der Waals surface area contributed by atoms with Crippen LogP contribution in [-0.4, -0.2) is 19.9 Å². The Morgan fingerprint density at radius 1 is 1.33 bits per heavy atom. The smallest absolute Gasteiger partial charge is 0.123 e. The Balaban J connectivity index is 2.49. The van der Waals surface area contributed by atoms with Crippen LogP contribution in [0.25, 0.3) is 0 Å². The predicted molar refractivity (Wildman–Crippen MR) is 70.7 cm³/mol. The number of nitrogens with zero attached hydrogens (tertiary/aromatic N) is 3. The molecule has 0 spiro atoms. The molecule has 0 saturated carbocycles. The van der Waals surface area contributed by atoms with Crippen LogP contribution in [0.3, 0.4) is 0 Å². The van der Waals surface area contributed by atoms with Gasteiger partial charge in [-0.2, -0.15) is 5.10 Å². The molecular weight excluding hydrogens is 250 g/mol. The van der Waals surface area contributed by atoms with Crippen LogP contribution >= 0.6 is 11.6 Å². The molecule has 96 valence electrons. The van der Waals surface area contributed by atoms with Gasteiger partial charge in [0.05, 0.1) is 16.9 Å². The molecule has 0 bridgehead atoms. The van der Waals surface area contributed by atoms with E-state index in [1.165, 1.54) is 0 Å². The minimum Gasteiger partial charge on any atom is -0.382 e. The van der Waals surface area contributed by atoms with Crippen molar-refractivity contribution < 1.29 is 5.11 Å². The molecule has 18 heavy (non-hydrogen) atoms. The van der Waals surface area contributed by atoms with E-state index in [1.807, 2.05) is 20.8 Å². The second-order valence-electron chi connectivity index (χ2n) is 4.55. The molecule has 5 heteroatoms. The minimum absolute atomic E-state index is 0.143. The van der Waals surface area contributed by atoms with Crippen molar-refractivity contribution in [1.82, 2.24) is 14.8 Å². The molecule has 2 aromatic heterocycles. The Bertz CT molecular complexity index is 551. The van der Waals surface area contributed by atoms with E-state index in [2.05, 4.69) is 10.1 Å². The molecule has 2 aromatic rings. The van der Waals surface area contributed by atoms with Crippen LogP contribution in [-0.2, 0) is 0 Å². The van der Waals surface area contributed by atoms with Crippen molar-refractivity contribution in [3.63, 3.8) is 0 Å². The minimum atomic E-state index is -0.787. The first-order valence-corrected chi connectivity index (χ1v) is 6.21. The number of aliphatic hydroxyl groups excluding tert-OH is 1. The van der Waals surface area contributed by atoms with Crippen molar-refractivity contribution in [2.45, 2.75) is 32.9 Å². The molecule has 1 unspecified atom stereocenters. The summed E-state index contributed by atoms with van der Waals surface area (Å²) in [4.78, 5) is 4.02. The van der Waals surface area contributed by atoms with Gasteiger partial charge < -0.3 is 5.11 Å². The zero-order valence-corrected chi connectivity index (χ0v) is 11.4. The molecule has 0 aliphatic heterocycles. The SMILES string of the molecule is Cc1cnccc1C(O)c1c(Cl)cnn1C(C)C. The van der Waals surface area contributed by atoms with Crippen LogP contribution in [0.15, 0.2) is 24.7 Å². The van der Waals surface area contributed by atoms with Crippen molar-refractivity contribution in [3.05, 3.63) is 46.5 Å². The number of hydrogen-bond donors (Lipinski definition) is 1. The van der Waals surface area contributed by atoms with Crippen molar-refractivity contribution in [2.75, 3.05) is 0 Å². The zero-order chi connectivity index (χ0) is 13.3. The van der Waals surface area contributed by atoms with Crippen LogP contribution in [0.1, 0.15) is 42.8 Å². The summed E-state index contributed by atoms with van der Waals surface area (Å²) < 4.78 is 1.74. The summed E-state index contributed by atoms with van der Waals surface area (Å²) in [6.45, 7) is 5.91. The standard InChI is InChI=1S/C13H16ClN3O/c1-8(2)17-12(11(14)7-16-17)13(18)10-4-5-15-6-9(10)3/h4-8,13,18H,1-3H3. The summed E-state index contributed by atoms with van der Waals surface area (Å²) in [7, 11) is 0. The van der Waals surface area contributed by atoms with Gasteiger partial charge in [0.2, 0.25) is 0 Å². The van der Waals surface area contributed by atoms with Crippen LogP contribution in [0.4, 0.5) is 0 Å². The number of aromatic nitrogens is 3. The number of aliphatic hydroxyl groups is 1. The second kappa shape index (κ2) is 5.08. The summed E-state index contributed by atoms with van der Waals surface area (Å²) in [5.74, 6) is 0. The third kappa shape index (κ3) is 2.26. The monoisotopic (exact) mass is 265 g/mol. The third-order valence-corrected chi connectivity index (χ3v) is 3.18. The highest BCUT2D eigenvalue weighted by Crippen LogP contribution is 2.31. The highest BCUT2D eigenvalue weighted by atomic mass is 35.5. The number of halogens is 1. The highest BCUT2D eigenvalue weighted by Gasteiger charge is 2.22. The van der Waals surface area contributed by atoms with Gasteiger partial charge in [0.1, 0.15) is 6.10 Å². The average molecular weight is 266 g/mol. The number of pyridine rings is 1. The maximum absolute atomic E-state index is 10.5. The molecule has 1 atom stereocenters. The van der Waals surface area contributed by atoms with Gasteiger partial charge >= 0.3 is 0 Å². The fourth-order valence-electron chi connectivity index (χ4n) is 1.96. The Labute approximate surface area is 111 Å². The Morgan fingerprint density at radius 2 is 2.06 bits per heavy atom. The topological polar surface area (TPSA) is 50.9 Å². The largest absolute Gasteiger partial charge is 0.382 e. The fraction of sp³-hybridized carbons (Fsp3) is 0.385. The molecule has 2 heterocycles. The Morgan fingerprint density at radius 3 is 2.67 bits per heavy atom. The molecule has 0 amide bonds. The van der Waals surface area contributed by atoms with Gasteiger partial charge in [0, 0.05) is 18.4 Å². The van der Waals surface area contributed by atoms with Crippen LogP contribution in [0.5, 0.6) is 0 Å². The normalized spacial score (nSPS) is 13.0. The molecule has 1 N–H and O–H groups in total. The van der Waals surface area contributed by atoms with Gasteiger partial charge in [-0.05, 0) is 38.0 Å². The molecule has 2 rings (SSSR count). The van der Waals surface area contributed by atoms with Crippen LogP contribution in [0.2, 0.25) is 5.02 Å². The number of rotatable bonds is 3. The van der Waals surface area contributed by atoms with Crippen molar-refractivity contribution in [3.8, 4) is 0 Å². The van der Waals surface area contributed by atoms with Crippen LogP contribution in [0, 0.1) is 6.92 Å². The lowest BCUT2D eigenvalue weighted by Crippen LogP contribution is -2.13. The van der Waals surface area contributed by atoms with E-state index in [1.54, 1.807) is 29.3 Å². The molecule has 4 nitrogen and oxygen atoms in total. The van der Waals surface area contributed by atoms with Crippen molar-refractivity contribution in [1.29, 1.82) is 0 Å². The number of hydrogen-bond acceptors (Lipinski definition) is 3. The van der Waals surface area contributed by atoms with Gasteiger partial charge in [0.15, 0.2) is 0 Å². The molecule has 0 aromatic carbocycles. The molecule has 0 fully saturated rings. The quantitative estimate of drug-likeness (QED) is 0.928. The van der Waals surface area contributed by atoms with E-state index >= 15 is 0 Å². The van der Waals surface area contributed by atoms with Gasteiger partial charge in [-0.15, -0.1) is 0 Å². The van der Waals surface area contributed by atoms with E-state index < -0.39 is 6.10 Å². The Hall–Kier alpha value is -1.39. The lowest BCUT2D eigenvalue weighted by atomic mass is 10.0. The van der Waals surface area contributed by atoms with Gasteiger partial charge in [-0.1, -0.05) is 11.6 Å². The van der Waals surface area contributed by atoms with Crippen molar-refractivity contribution in [2.24, 2.45) is 0 Å². The van der Waals surface area contributed by atoms with E-state index in [-0.39, 0.29) is 6.04 Å². The zero-order valence-electron chi connectivity index (χ0n) is 10.6. The first-order valence-electron chi connectivity index (χ1n) is 5.83. The summed E-state index contributed by atoms with van der Waals surface area (Å²) in [6.07, 6.45) is 4.17. The van der Waals surface area contributed by atoms with E-state index in [0.29, 0.717) is 10.7 Å². The second-order valence-corrected chi connectivity index (χ2v) is 4.96. The summed E-state index contributed by atoms with van der Waals surface area (Å²) in [6, 6.07) is 1.94. The molecule has 0 radical (unpaired) electrons. The highest BCUT2D eigenvalue weighted by molar-refractivity contribution is 6.31. The maximum Gasteiger partial charge on any atom is 0.123 e. The predicted octanol–water partition coefficient (Wildman–Crippen LogP) is 2.90. The first kappa shape index (κ1) is 13.1. The Kier molecular flexibility index (Phi) is 3.68. The molecular formula is C13H16ClN3O.